The van der Waals surface area contributed by atoms with Crippen molar-refractivity contribution in [1.82, 2.24) is 4.98 Å². The first-order valence-corrected chi connectivity index (χ1v) is 10.7. The number of nitrogens with one attached hydrogen (secondary N) is 1. The zero-order valence-electron chi connectivity index (χ0n) is 15.2. The lowest BCUT2D eigenvalue weighted by Crippen LogP contribution is -2.07. The fourth-order valence-corrected chi connectivity index (χ4v) is 4.23. The highest BCUT2D eigenvalue weighted by atomic mass is 35.5. The van der Waals surface area contributed by atoms with Gasteiger partial charge in [-0.2, -0.15) is 4.98 Å². The molecule has 0 atom stereocenters. The van der Waals surface area contributed by atoms with Crippen LogP contribution < -0.4 is 5.32 Å². The van der Waals surface area contributed by atoms with Gasteiger partial charge < -0.3 is 9.73 Å². The van der Waals surface area contributed by atoms with Crippen LogP contribution in [0.2, 0.25) is 5.02 Å². The van der Waals surface area contributed by atoms with Crippen molar-refractivity contribution in [2.75, 3.05) is 5.32 Å². The first kappa shape index (κ1) is 19.2. The fourth-order valence-electron chi connectivity index (χ4n) is 2.81. The molecule has 0 radical (unpaired) electrons. The van der Waals surface area contributed by atoms with Crippen molar-refractivity contribution in [3.05, 3.63) is 95.5 Å². The third kappa shape index (κ3) is 4.18. The maximum Gasteiger partial charge on any atom is 0.234 e. The van der Waals surface area contributed by atoms with Crippen LogP contribution in [0.15, 0.2) is 99.3 Å². The van der Waals surface area contributed by atoms with E-state index in [9.17, 15) is 8.42 Å². The van der Waals surface area contributed by atoms with E-state index >= 15 is 0 Å². The third-order valence-corrected chi connectivity index (χ3v) is 6.22. The Morgan fingerprint density at radius 3 is 2.14 bits per heavy atom. The lowest BCUT2D eigenvalue weighted by atomic mass is 10.2. The van der Waals surface area contributed by atoms with Gasteiger partial charge in [0, 0.05) is 17.1 Å². The van der Waals surface area contributed by atoms with Crippen LogP contribution in [-0.2, 0) is 16.4 Å². The minimum atomic E-state index is -3.86. The molecule has 29 heavy (non-hydrogen) atoms. The van der Waals surface area contributed by atoms with Gasteiger partial charge in [0.05, 0.1) is 4.90 Å². The summed E-state index contributed by atoms with van der Waals surface area (Å²) in [7, 11) is -3.86. The van der Waals surface area contributed by atoms with Crippen LogP contribution in [0.1, 0.15) is 5.56 Å². The SMILES string of the molecule is O=S(=O)(c1ccccc1)c1nc(-c2ccc(Cl)cc2)oc1NCc1ccccc1. The molecule has 0 aliphatic rings. The zero-order valence-corrected chi connectivity index (χ0v) is 16.8. The Balaban J connectivity index is 1.76. The summed E-state index contributed by atoms with van der Waals surface area (Å²) in [6.45, 7) is 0.396. The summed E-state index contributed by atoms with van der Waals surface area (Å²) in [4.78, 5) is 4.46. The quantitative estimate of drug-likeness (QED) is 0.446. The normalized spacial score (nSPS) is 11.3. The highest BCUT2D eigenvalue weighted by molar-refractivity contribution is 7.91. The molecule has 0 spiro atoms. The number of oxazole rings is 1. The van der Waals surface area contributed by atoms with Crippen molar-refractivity contribution >= 4 is 27.3 Å². The average Bonchev–Trinajstić information content (AvgIpc) is 3.19. The topological polar surface area (TPSA) is 72.2 Å². The fraction of sp³-hybridized carbons (Fsp3) is 0.0455. The second-order valence-corrected chi connectivity index (χ2v) is 8.62. The Hall–Kier alpha value is -3.09. The standard InChI is InChI=1S/C22H17ClN2O3S/c23-18-13-11-17(12-14-18)20-25-22(29(26,27)19-9-5-2-6-10-19)21(28-20)24-15-16-7-3-1-4-8-16/h1-14,24H,15H2. The van der Waals surface area contributed by atoms with Crippen molar-refractivity contribution in [1.29, 1.82) is 0 Å². The van der Waals surface area contributed by atoms with Crippen LogP contribution in [0.25, 0.3) is 11.5 Å². The molecule has 1 aromatic heterocycles. The predicted octanol–water partition coefficient (Wildman–Crippen LogP) is 5.44. The van der Waals surface area contributed by atoms with Gasteiger partial charge in [-0.15, -0.1) is 0 Å². The highest BCUT2D eigenvalue weighted by Gasteiger charge is 2.28. The molecule has 146 valence electrons. The van der Waals surface area contributed by atoms with E-state index < -0.39 is 9.84 Å². The lowest BCUT2D eigenvalue weighted by molar-refractivity contribution is 0.576. The van der Waals surface area contributed by atoms with E-state index in [4.69, 9.17) is 16.0 Å². The molecule has 0 aliphatic carbocycles. The number of aromatic nitrogens is 1. The number of anilines is 1. The van der Waals surface area contributed by atoms with Crippen LogP contribution in [-0.4, -0.2) is 13.4 Å². The maximum atomic E-state index is 13.2. The van der Waals surface area contributed by atoms with Gasteiger partial charge in [-0.3, -0.25) is 0 Å². The molecule has 5 nitrogen and oxygen atoms in total. The lowest BCUT2D eigenvalue weighted by Gasteiger charge is -2.06. The number of nitrogens with zero attached hydrogens (tertiary/aromatic N) is 1. The second kappa shape index (κ2) is 8.11. The van der Waals surface area contributed by atoms with Crippen molar-refractivity contribution in [3.8, 4) is 11.5 Å². The molecule has 1 N–H and O–H groups in total. The summed E-state index contributed by atoms with van der Waals surface area (Å²) >= 11 is 5.95. The Kier molecular flexibility index (Phi) is 5.38. The van der Waals surface area contributed by atoms with E-state index in [1.54, 1.807) is 42.5 Å². The number of hydrogen-bond acceptors (Lipinski definition) is 5. The van der Waals surface area contributed by atoms with E-state index in [0.717, 1.165) is 5.56 Å². The molecular formula is C22H17ClN2O3S. The molecule has 0 amide bonds. The minimum Gasteiger partial charge on any atom is -0.419 e. The molecule has 0 unspecified atom stereocenters. The average molecular weight is 425 g/mol. The number of benzene rings is 3. The van der Waals surface area contributed by atoms with Crippen molar-refractivity contribution in [2.24, 2.45) is 0 Å². The van der Waals surface area contributed by atoms with Gasteiger partial charge in [0.15, 0.2) is 0 Å². The highest BCUT2D eigenvalue weighted by Crippen LogP contribution is 2.33. The summed E-state index contributed by atoms with van der Waals surface area (Å²) in [6, 6.07) is 24.7. The number of halogens is 1. The largest absolute Gasteiger partial charge is 0.419 e. The van der Waals surface area contributed by atoms with Crippen LogP contribution >= 0.6 is 11.6 Å². The number of hydrogen-bond donors (Lipinski definition) is 1. The second-order valence-electron chi connectivity index (χ2n) is 6.32. The predicted molar refractivity (Wildman–Crippen MR) is 113 cm³/mol. The molecule has 0 saturated carbocycles. The molecule has 7 heteroatoms. The number of rotatable bonds is 6. The molecule has 0 saturated heterocycles. The number of sulfone groups is 1. The van der Waals surface area contributed by atoms with Crippen molar-refractivity contribution < 1.29 is 12.8 Å². The summed E-state index contributed by atoms with van der Waals surface area (Å²) < 4.78 is 32.2. The van der Waals surface area contributed by atoms with Crippen molar-refractivity contribution in [3.63, 3.8) is 0 Å². The third-order valence-electron chi connectivity index (χ3n) is 4.29. The van der Waals surface area contributed by atoms with Gasteiger partial charge in [-0.05, 0) is 42.0 Å². The maximum absolute atomic E-state index is 13.2. The van der Waals surface area contributed by atoms with Gasteiger partial charge in [0.2, 0.25) is 26.6 Å². The minimum absolute atomic E-state index is 0.0997. The molecule has 3 aromatic carbocycles. The van der Waals surface area contributed by atoms with E-state index in [-0.39, 0.29) is 21.7 Å². The summed E-state index contributed by atoms with van der Waals surface area (Å²) in [5, 5.41) is 3.49. The molecular weight excluding hydrogens is 408 g/mol. The molecule has 0 bridgehead atoms. The molecule has 0 fully saturated rings. The van der Waals surface area contributed by atoms with Crippen molar-refractivity contribution in [2.45, 2.75) is 16.5 Å². The van der Waals surface area contributed by atoms with Gasteiger partial charge in [-0.1, -0.05) is 60.1 Å². The molecule has 4 rings (SSSR count). The van der Waals surface area contributed by atoms with E-state index in [1.807, 2.05) is 30.3 Å². The van der Waals surface area contributed by atoms with E-state index in [2.05, 4.69) is 10.3 Å². The van der Waals surface area contributed by atoms with E-state index in [0.29, 0.717) is 17.1 Å². The molecule has 0 aliphatic heterocycles. The summed E-state index contributed by atoms with van der Waals surface area (Å²) in [6.07, 6.45) is 0. The Labute approximate surface area is 173 Å². The van der Waals surface area contributed by atoms with Crippen LogP contribution in [0.3, 0.4) is 0 Å². The van der Waals surface area contributed by atoms with Gasteiger partial charge in [0.1, 0.15) is 0 Å². The first-order chi connectivity index (χ1) is 14.0. The summed E-state index contributed by atoms with van der Waals surface area (Å²) in [5.41, 5.74) is 1.62. The molecule has 4 aromatic rings. The first-order valence-electron chi connectivity index (χ1n) is 8.89. The van der Waals surface area contributed by atoms with Gasteiger partial charge in [0.25, 0.3) is 0 Å². The van der Waals surface area contributed by atoms with Crippen LogP contribution in [0, 0.1) is 0 Å². The Morgan fingerprint density at radius 1 is 0.862 bits per heavy atom. The van der Waals surface area contributed by atoms with Crippen LogP contribution in [0.5, 0.6) is 0 Å². The monoisotopic (exact) mass is 424 g/mol. The smallest absolute Gasteiger partial charge is 0.234 e. The zero-order chi connectivity index (χ0) is 20.3. The Bertz CT molecular complexity index is 1210. The van der Waals surface area contributed by atoms with Gasteiger partial charge >= 0.3 is 0 Å². The van der Waals surface area contributed by atoms with Crippen LogP contribution in [0.4, 0.5) is 5.88 Å². The summed E-state index contributed by atoms with van der Waals surface area (Å²) in [5.74, 6) is 0.300. The molecule has 1 heterocycles. The van der Waals surface area contributed by atoms with E-state index in [1.165, 1.54) is 12.1 Å². The Morgan fingerprint density at radius 2 is 1.48 bits per heavy atom. The van der Waals surface area contributed by atoms with Gasteiger partial charge in [-0.25, -0.2) is 8.42 Å².